The summed E-state index contributed by atoms with van der Waals surface area (Å²) in [6.45, 7) is 6.36. The lowest BCUT2D eigenvalue weighted by Crippen LogP contribution is -2.50. The molecule has 188 valence electrons. The average Bonchev–Trinajstić information content (AvgIpc) is 2.78. The van der Waals surface area contributed by atoms with Crippen LogP contribution in [0.25, 0.3) is 0 Å². The van der Waals surface area contributed by atoms with Crippen molar-refractivity contribution in [1.29, 1.82) is 0 Å². The Morgan fingerprint density at radius 3 is 2.11 bits per heavy atom. The molecule has 0 saturated heterocycles. The Kier molecular flexibility index (Phi) is 10.4. The molecular formula is C26H32N2O7. The second-order valence-corrected chi connectivity index (χ2v) is 8.56. The number of carbonyl (C=O) groups excluding carboxylic acids is 4. The lowest BCUT2D eigenvalue weighted by Gasteiger charge is -2.21. The Morgan fingerprint density at radius 1 is 0.886 bits per heavy atom. The molecule has 2 aromatic carbocycles. The molecule has 0 aromatic heterocycles. The summed E-state index contributed by atoms with van der Waals surface area (Å²) in [5.74, 6) is -2.04. The van der Waals surface area contributed by atoms with Crippen LogP contribution >= 0.6 is 0 Å². The molecule has 0 aliphatic carbocycles. The summed E-state index contributed by atoms with van der Waals surface area (Å²) < 4.78 is 15.7. The third-order valence-corrected chi connectivity index (χ3v) is 4.84. The van der Waals surface area contributed by atoms with Gasteiger partial charge in [0.05, 0.1) is 6.04 Å². The summed E-state index contributed by atoms with van der Waals surface area (Å²) in [5, 5.41) is 2.68. The molecule has 0 aliphatic rings. The van der Waals surface area contributed by atoms with Crippen LogP contribution in [-0.2, 0) is 36.9 Å². The molecule has 35 heavy (non-hydrogen) atoms. The molecule has 0 bridgehead atoms. The smallest absolute Gasteiger partial charge is 0.329 e. The normalized spacial score (nSPS) is 12.4. The Hall–Kier alpha value is -3.72. The van der Waals surface area contributed by atoms with Crippen molar-refractivity contribution in [2.75, 3.05) is 0 Å². The van der Waals surface area contributed by atoms with E-state index in [0.29, 0.717) is 12.0 Å². The molecule has 2 aromatic rings. The minimum Gasteiger partial charge on any atom is -0.459 e. The van der Waals surface area contributed by atoms with Gasteiger partial charge in [0, 0.05) is 20.3 Å². The van der Waals surface area contributed by atoms with Gasteiger partial charge in [-0.15, -0.1) is 0 Å². The van der Waals surface area contributed by atoms with Gasteiger partial charge in [-0.2, -0.15) is 0 Å². The van der Waals surface area contributed by atoms with Crippen molar-refractivity contribution in [3.63, 3.8) is 0 Å². The summed E-state index contributed by atoms with van der Waals surface area (Å²) in [7, 11) is 0. The molecule has 3 N–H and O–H groups in total. The van der Waals surface area contributed by atoms with E-state index < -0.39 is 35.9 Å². The van der Waals surface area contributed by atoms with E-state index in [-0.39, 0.29) is 30.4 Å². The zero-order valence-corrected chi connectivity index (χ0v) is 20.4. The second-order valence-electron chi connectivity index (χ2n) is 8.56. The SMILES string of the molecule is CC(=O)Oc1ccc(C[C@H](NC(=O)[C@@H](N)CC(C)C)C(=O)OCc2ccccc2)cc1OC(C)=O. The fourth-order valence-corrected chi connectivity index (χ4v) is 3.31. The number of nitrogens with one attached hydrogen (secondary N) is 1. The molecule has 2 rings (SSSR count). The van der Waals surface area contributed by atoms with Crippen molar-refractivity contribution >= 4 is 23.8 Å². The van der Waals surface area contributed by atoms with Gasteiger partial charge in [-0.05, 0) is 35.6 Å². The van der Waals surface area contributed by atoms with E-state index in [1.807, 2.05) is 44.2 Å². The Bertz CT molecular complexity index is 1040. The second kappa shape index (κ2) is 13.2. The van der Waals surface area contributed by atoms with Gasteiger partial charge in [-0.3, -0.25) is 14.4 Å². The predicted molar refractivity (Wildman–Crippen MR) is 128 cm³/mol. The molecule has 0 unspecified atom stereocenters. The van der Waals surface area contributed by atoms with Gasteiger partial charge in [0.2, 0.25) is 5.91 Å². The molecule has 0 saturated carbocycles. The van der Waals surface area contributed by atoms with E-state index in [9.17, 15) is 19.2 Å². The van der Waals surface area contributed by atoms with Crippen LogP contribution < -0.4 is 20.5 Å². The van der Waals surface area contributed by atoms with Gasteiger partial charge in [-0.25, -0.2) is 4.79 Å². The molecule has 2 atom stereocenters. The van der Waals surface area contributed by atoms with E-state index in [1.54, 1.807) is 6.07 Å². The van der Waals surface area contributed by atoms with E-state index >= 15 is 0 Å². The first-order valence-corrected chi connectivity index (χ1v) is 11.3. The first-order valence-electron chi connectivity index (χ1n) is 11.3. The molecular weight excluding hydrogens is 452 g/mol. The zero-order valence-electron chi connectivity index (χ0n) is 20.4. The highest BCUT2D eigenvalue weighted by Gasteiger charge is 2.26. The van der Waals surface area contributed by atoms with E-state index in [2.05, 4.69) is 5.32 Å². The van der Waals surface area contributed by atoms with Crippen molar-refractivity contribution < 1.29 is 33.4 Å². The third kappa shape index (κ3) is 9.58. The Labute approximate surface area is 204 Å². The van der Waals surface area contributed by atoms with Crippen molar-refractivity contribution in [1.82, 2.24) is 5.32 Å². The van der Waals surface area contributed by atoms with Crippen molar-refractivity contribution in [3.05, 3.63) is 59.7 Å². The maximum atomic E-state index is 12.9. The molecule has 0 spiro atoms. The number of amides is 1. The van der Waals surface area contributed by atoms with Crippen LogP contribution in [0, 0.1) is 5.92 Å². The lowest BCUT2D eigenvalue weighted by molar-refractivity contribution is -0.149. The van der Waals surface area contributed by atoms with Gasteiger partial charge < -0.3 is 25.3 Å². The predicted octanol–water partition coefficient (Wildman–Crippen LogP) is 2.68. The fourth-order valence-electron chi connectivity index (χ4n) is 3.31. The largest absolute Gasteiger partial charge is 0.459 e. The summed E-state index contributed by atoms with van der Waals surface area (Å²) in [6.07, 6.45) is 0.480. The minimum absolute atomic E-state index is 0.0180. The zero-order chi connectivity index (χ0) is 26.0. The summed E-state index contributed by atoms with van der Waals surface area (Å²) in [4.78, 5) is 48.5. The standard InChI is InChI=1S/C26H32N2O7/c1-16(2)12-21(27)25(31)28-22(26(32)33-15-19-8-6-5-7-9-19)13-20-10-11-23(34-17(3)29)24(14-20)35-18(4)30/h5-11,14,16,21-22H,12-13,15,27H2,1-4H3,(H,28,31)/t21-,22-/m0/s1. The monoisotopic (exact) mass is 484 g/mol. The minimum atomic E-state index is -1.05. The molecule has 1 amide bonds. The molecule has 9 heteroatoms. The molecule has 0 radical (unpaired) electrons. The van der Waals surface area contributed by atoms with Gasteiger partial charge in [0.25, 0.3) is 0 Å². The Balaban J connectivity index is 2.25. The van der Waals surface area contributed by atoms with Crippen LogP contribution in [0.4, 0.5) is 0 Å². The number of esters is 3. The van der Waals surface area contributed by atoms with Crippen LogP contribution in [0.5, 0.6) is 11.5 Å². The number of hydrogen-bond donors (Lipinski definition) is 2. The highest BCUT2D eigenvalue weighted by Crippen LogP contribution is 2.29. The quantitative estimate of drug-likeness (QED) is 0.367. The number of ether oxygens (including phenoxy) is 3. The van der Waals surface area contributed by atoms with Crippen molar-refractivity contribution in [2.45, 2.75) is 59.2 Å². The molecule has 0 fully saturated rings. The van der Waals surface area contributed by atoms with E-state index in [0.717, 1.165) is 5.56 Å². The lowest BCUT2D eigenvalue weighted by atomic mass is 10.0. The number of nitrogens with two attached hydrogens (primary N) is 1. The molecule has 9 nitrogen and oxygen atoms in total. The first kappa shape index (κ1) is 27.5. The average molecular weight is 485 g/mol. The maximum absolute atomic E-state index is 12.9. The third-order valence-electron chi connectivity index (χ3n) is 4.84. The first-order chi connectivity index (χ1) is 16.5. The number of rotatable bonds is 11. The summed E-state index contributed by atoms with van der Waals surface area (Å²) in [5.41, 5.74) is 7.34. The Morgan fingerprint density at radius 2 is 1.51 bits per heavy atom. The van der Waals surface area contributed by atoms with Gasteiger partial charge in [0.1, 0.15) is 12.6 Å². The number of carbonyl (C=O) groups is 4. The fraction of sp³-hybridized carbons (Fsp3) is 0.385. The molecule has 0 aliphatic heterocycles. The summed E-state index contributed by atoms with van der Waals surface area (Å²) >= 11 is 0. The van der Waals surface area contributed by atoms with Crippen LogP contribution in [0.2, 0.25) is 0 Å². The van der Waals surface area contributed by atoms with Gasteiger partial charge in [0.15, 0.2) is 11.5 Å². The highest BCUT2D eigenvalue weighted by atomic mass is 16.6. The number of hydrogen-bond acceptors (Lipinski definition) is 8. The van der Waals surface area contributed by atoms with Gasteiger partial charge >= 0.3 is 17.9 Å². The van der Waals surface area contributed by atoms with Crippen LogP contribution in [0.15, 0.2) is 48.5 Å². The van der Waals surface area contributed by atoms with Crippen LogP contribution in [-0.4, -0.2) is 35.9 Å². The number of benzene rings is 2. The van der Waals surface area contributed by atoms with Crippen molar-refractivity contribution in [3.8, 4) is 11.5 Å². The highest BCUT2D eigenvalue weighted by molar-refractivity contribution is 5.87. The summed E-state index contributed by atoms with van der Waals surface area (Å²) in [6, 6.07) is 11.8. The van der Waals surface area contributed by atoms with E-state index in [4.69, 9.17) is 19.9 Å². The van der Waals surface area contributed by atoms with Gasteiger partial charge in [-0.1, -0.05) is 50.2 Å². The topological polar surface area (TPSA) is 134 Å². The maximum Gasteiger partial charge on any atom is 0.329 e. The molecule has 0 heterocycles. The van der Waals surface area contributed by atoms with Crippen LogP contribution in [0.1, 0.15) is 45.2 Å². The van der Waals surface area contributed by atoms with Crippen LogP contribution in [0.3, 0.4) is 0 Å². The van der Waals surface area contributed by atoms with E-state index in [1.165, 1.54) is 26.0 Å². The van der Waals surface area contributed by atoms with Crippen molar-refractivity contribution in [2.24, 2.45) is 11.7 Å².